The van der Waals surface area contributed by atoms with Gasteiger partial charge in [0.1, 0.15) is 36.3 Å². The van der Waals surface area contributed by atoms with Gasteiger partial charge in [0.2, 0.25) is 11.1 Å². The molecule has 5 amide bonds. The Morgan fingerprint density at radius 3 is 1.36 bits per heavy atom. The predicted octanol–water partition coefficient (Wildman–Crippen LogP) is 14.2. The van der Waals surface area contributed by atoms with E-state index in [1.165, 1.54) is 0 Å². The molecule has 4 aromatic heterocycles. The molecular formula is C74H85ClN12O10. The minimum absolute atomic E-state index is 0.0368. The number of halogens is 1. The van der Waals surface area contributed by atoms with Crippen LogP contribution in [0.3, 0.4) is 0 Å². The maximum atomic E-state index is 13.4. The number of amides is 5. The highest BCUT2D eigenvalue weighted by molar-refractivity contribution is 6.63. The van der Waals surface area contributed by atoms with E-state index in [9.17, 15) is 19.2 Å². The third-order valence-electron chi connectivity index (χ3n) is 15.0. The molecule has 0 fully saturated rings. The third-order valence-corrected chi connectivity index (χ3v) is 15.1. The summed E-state index contributed by atoms with van der Waals surface area (Å²) in [6.07, 6.45) is 7.86. The smallest absolute Gasteiger partial charge is 0.324 e. The Hall–Kier alpha value is -10.2. The van der Waals surface area contributed by atoms with Crippen molar-refractivity contribution in [2.45, 2.75) is 79.1 Å². The normalized spacial score (nSPS) is 11.2. The molecule has 0 aliphatic rings. The molecule has 0 unspecified atom stereocenters. The molecule has 0 bridgehead atoms. The molecule has 0 aliphatic carbocycles. The Morgan fingerprint density at radius 1 is 0.485 bits per heavy atom. The lowest BCUT2D eigenvalue weighted by molar-refractivity contribution is -0.121. The van der Waals surface area contributed by atoms with E-state index in [1.807, 2.05) is 159 Å². The van der Waals surface area contributed by atoms with E-state index in [2.05, 4.69) is 82.8 Å². The summed E-state index contributed by atoms with van der Waals surface area (Å²) in [7, 11) is 3.14. The van der Waals surface area contributed by atoms with Crippen molar-refractivity contribution in [3.05, 3.63) is 204 Å². The van der Waals surface area contributed by atoms with Crippen molar-refractivity contribution in [3.63, 3.8) is 0 Å². The van der Waals surface area contributed by atoms with E-state index in [0.29, 0.717) is 92.6 Å². The average Bonchev–Trinajstić information content (AvgIpc) is 1.74. The Labute approximate surface area is 570 Å². The number of ether oxygens (including phenoxy) is 6. The Balaban J connectivity index is 0.000000222. The number of benzene rings is 6. The molecule has 0 spiro atoms. The van der Waals surface area contributed by atoms with Crippen LogP contribution >= 0.6 is 11.6 Å². The number of pyridine rings is 2. The lowest BCUT2D eigenvalue weighted by Crippen LogP contribution is -2.21. The van der Waals surface area contributed by atoms with Crippen molar-refractivity contribution in [2.75, 3.05) is 99.4 Å². The first-order chi connectivity index (χ1) is 46.6. The van der Waals surface area contributed by atoms with Gasteiger partial charge >= 0.3 is 12.1 Å². The number of nitrogen functional groups attached to an aromatic ring is 1. The zero-order chi connectivity index (χ0) is 69.5. The van der Waals surface area contributed by atoms with Crippen molar-refractivity contribution in [3.8, 4) is 22.9 Å². The zero-order valence-corrected chi connectivity index (χ0v) is 57.2. The number of nitrogens with two attached hydrogens (primary N) is 1. The van der Waals surface area contributed by atoms with Crippen LogP contribution in [-0.4, -0.2) is 120 Å². The number of aromatic nitrogens is 6. The van der Waals surface area contributed by atoms with Crippen LogP contribution in [0.25, 0.3) is 32.9 Å². The van der Waals surface area contributed by atoms with Crippen LogP contribution in [0.2, 0.25) is 0 Å². The maximum Gasteiger partial charge on any atom is 0.324 e. The molecule has 22 nitrogen and oxygen atoms in total. The summed E-state index contributed by atoms with van der Waals surface area (Å²) < 4.78 is 35.5. The van der Waals surface area contributed by atoms with Crippen LogP contribution < -0.4 is 41.8 Å². The summed E-state index contributed by atoms with van der Waals surface area (Å²) in [6.45, 7) is 19.0. The van der Waals surface area contributed by atoms with Gasteiger partial charge in [0, 0.05) is 84.0 Å². The van der Waals surface area contributed by atoms with Gasteiger partial charge in [-0.1, -0.05) is 125 Å². The third kappa shape index (κ3) is 21.4. The highest BCUT2D eigenvalue weighted by Gasteiger charge is 2.24. The van der Waals surface area contributed by atoms with Gasteiger partial charge in [-0.15, -0.1) is 0 Å². The number of nitrogens with one attached hydrogen (secondary N) is 5. The summed E-state index contributed by atoms with van der Waals surface area (Å²) >= 11 is 4.95. The Bertz CT molecular complexity index is 4260. The number of hydrogen-bond donors (Lipinski definition) is 6. The number of aryl methyl sites for hydroxylation is 2. The molecule has 97 heavy (non-hydrogen) atoms. The number of nitrogens with zero attached hydrogens (tertiary/aromatic N) is 6. The summed E-state index contributed by atoms with van der Waals surface area (Å²) in [5.74, 6) is 2.30. The van der Waals surface area contributed by atoms with E-state index in [0.717, 1.165) is 72.3 Å². The SMILES string of the molecule is COCCOCC(=O)Cl.COCCOCC(=O)Nc1cnccc1CCOc1ccc(NC(=O)Nc2cc(C(C)(C)C)nn2-c2ccc(C)cc2)c2ccccc12.Cc1ccc(-n2nc(C(C)(C)C)cc2NC(=O)Nc2ccc(OCCc3ccncc3N)c3ccccc23)cc1. The number of urea groups is 2. The van der Waals surface area contributed by atoms with Gasteiger partial charge in [0.25, 0.3) is 0 Å². The fraction of sp³-hybridized carbons (Fsp3) is 0.297. The molecule has 0 radical (unpaired) electrons. The molecule has 0 atom stereocenters. The zero-order valence-electron chi connectivity index (χ0n) is 56.5. The van der Waals surface area contributed by atoms with E-state index in [4.69, 9.17) is 51.2 Å². The lowest BCUT2D eigenvalue weighted by atomic mass is 9.92. The fourth-order valence-electron chi connectivity index (χ4n) is 9.74. The maximum absolute atomic E-state index is 13.4. The minimum Gasteiger partial charge on any atom is -0.493 e. The number of rotatable bonds is 25. The molecule has 10 rings (SSSR count). The summed E-state index contributed by atoms with van der Waals surface area (Å²) in [4.78, 5) is 57.2. The summed E-state index contributed by atoms with van der Waals surface area (Å²) in [5, 5.41) is 27.5. The molecule has 10 aromatic rings. The average molecular weight is 1340 g/mol. The number of carbonyl (C=O) groups is 4. The first-order valence-electron chi connectivity index (χ1n) is 31.6. The van der Waals surface area contributed by atoms with Crippen molar-refractivity contribution in [1.82, 2.24) is 29.5 Å². The van der Waals surface area contributed by atoms with Crippen LogP contribution in [-0.2, 0) is 52.2 Å². The second-order valence-corrected chi connectivity index (χ2v) is 25.0. The standard InChI is InChI=1S/C37H42N6O5.C32H34N6O2.C5H9ClO3/c1-25-10-12-27(13-11-25)43-34(22-33(42-43)37(2,3)4)41-36(45)40-30-14-15-32(29-9-7-6-8-28(29)30)48-19-17-26-16-18-38-23-31(26)39-35(44)24-47-21-20-46-5;1-21-9-11-23(12-10-21)38-30(19-29(37-38)32(2,3)4)36-31(39)35-27-13-14-28(25-8-6-5-7-24(25)27)40-18-16-22-15-17-34-20-26(22)33;1-8-2-3-9-4-5(6)7/h6-16,18,22-23H,17,19-21,24H2,1-5H3,(H,39,44)(H2,40,41,45);5-15,17,19-20H,16,18,33H2,1-4H3,(H2,35,36,39);2-4H2,1H3. The predicted molar refractivity (Wildman–Crippen MR) is 383 cm³/mol. The van der Waals surface area contributed by atoms with Gasteiger partial charge in [0.15, 0.2) is 0 Å². The first-order valence-corrected chi connectivity index (χ1v) is 32.0. The summed E-state index contributed by atoms with van der Waals surface area (Å²) in [5.41, 5.74) is 15.8. The Morgan fingerprint density at radius 2 is 0.918 bits per heavy atom. The van der Waals surface area contributed by atoms with E-state index >= 15 is 0 Å². The second-order valence-electron chi connectivity index (χ2n) is 24.6. The molecule has 0 saturated heterocycles. The van der Waals surface area contributed by atoms with Gasteiger partial charge < -0.3 is 50.1 Å². The van der Waals surface area contributed by atoms with Crippen molar-refractivity contribution in [1.29, 1.82) is 0 Å². The van der Waals surface area contributed by atoms with Crippen molar-refractivity contribution >= 4 is 90.7 Å². The summed E-state index contributed by atoms with van der Waals surface area (Å²) in [6, 6.07) is 45.9. The number of hydrogen-bond acceptors (Lipinski definition) is 15. The largest absolute Gasteiger partial charge is 0.493 e. The quantitative estimate of drug-likeness (QED) is 0.0229. The molecule has 0 aliphatic heterocycles. The second kappa shape index (κ2) is 35.0. The minimum atomic E-state index is -0.480. The molecule has 7 N–H and O–H groups in total. The van der Waals surface area contributed by atoms with Gasteiger partial charge in [0.05, 0.1) is 97.5 Å². The molecule has 23 heteroatoms. The van der Waals surface area contributed by atoms with Gasteiger partial charge in [-0.3, -0.25) is 30.2 Å². The van der Waals surface area contributed by atoms with E-state index in [1.54, 1.807) is 48.4 Å². The number of anilines is 6. The van der Waals surface area contributed by atoms with Gasteiger partial charge in [-0.05, 0) is 97.2 Å². The molecular weight excluding hydrogens is 1250 g/mol. The lowest BCUT2D eigenvalue weighted by Gasteiger charge is -2.15. The highest BCUT2D eigenvalue weighted by atomic mass is 35.5. The van der Waals surface area contributed by atoms with Crippen LogP contribution in [0.1, 0.15) is 75.2 Å². The molecule has 4 heterocycles. The monoisotopic (exact) mass is 1340 g/mol. The van der Waals surface area contributed by atoms with E-state index < -0.39 is 5.24 Å². The number of carbonyl (C=O) groups excluding carboxylic acids is 4. The van der Waals surface area contributed by atoms with E-state index in [-0.39, 0.29) is 42.0 Å². The van der Waals surface area contributed by atoms with Gasteiger partial charge in [-0.2, -0.15) is 10.2 Å². The van der Waals surface area contributed by atoms with Crippen LogP contribution in [0, 0.1) is 13.8 Å². The Kier molecular flexibility index (Phi) is 26.2. The molecule has 0 saturated carbocycles. The topological polar surface area (TPSA) is 271 Å². The highest BCUT2D eigenvalue weighted by Crippen LogP contribution is 2.35. The molecule has 508 valence electrons. The van der Waals surface area contributed by atoms with Crippen LogP contribution in [0.4, 0.5) is 44.0 Å². The van der Waals surface area contributed by atoms with Gasteiger partial charge in [-0.25, -0.2) is 19.0 Å². The number of fused-ring (bicyclic) bond motifs is 2. The van der Waals surface area contributed by atoms with Crippen molar-refractivity contribution in [2.24, 2.45) is 0 Å². The molecule has 6 aromatic carbocycles. The first kappa shape index (κ1) is 72.6. The van der Waals surface area contributed by atoms with Crippen LogP contribution in [0.5, 0.6) is 11.5 Å². The van der Waals surface area contributed by atoms with Crippen molar-refractivity contribution < 1.29 is 47.6 Å². The number of methoxy groups -OCH3 is 2. The van der Waals surface area contributed by atoms with Crippen LogP contribution in [0.15, 0.2) is 170 Å². The fourth-order valence-corrected chi connectivity index (χ4v) is 9.82.